The second-order valence-electron chi connectivity index (χ2n) is 5.14. The lowest BCUT2D eigenvalue weighted by atomic mass is 9.97. The maximum atomic E-state index is 12.1. The van der Waals surface area contributed by atoms with E-state index < -0.39 is 10.8 Å². The van der Waals surface area contributed by atoms with Crippen LogP contribution in [0.15, 0.2) is 22.8 Å². The summed E-state index contributed by atoms with van der Waals surface area (Å²) < 4.78 is 17.6. The lowest BCUT2D eigenvalue weighted by Crippen LogP contribution is -2.05. The van der Waals surface area contributed by atoms with Crippen molar-refractivity contribution < 1.29 is 13.7 Å². The molecule has 0 amide bonds. The lowest BCUT2D eigenvalue weighted by Gasteiger charge is -2.08. The molecule has 0 radical (unpaired) electrons. The van der Waals surface area contributed by atoms with Crippen LogP contribution in [0.4, 0.5) is 0 Å². The highest BCUT2D eigenvalue weighted by Crippen LogP contribution is 2.35. The summed E-state index contributed by atoms with van der Waals surface area (Å²) in [6.07, 6.45) is 2.87. The van der Waals surface area contributed by atoms with E-state index in [1.807, 2.05) is 12.3 Å². The number of ether oxygens (including phenoxy) is 1. The molecule has 2 aromatic rings. The van der Waals surface area contributed by atoms with Crippen LogP contribution in [-0.4, -0.2) is 33.3 Å². The van der Waals surface area contributed by atoms with E-state index in [0.717, 1.165) is 33.1 Å². The van der Waals surface area contributed by atoms with Crippen molar-refractivity contribution in [2.75, 3.05) is 18.1 Å². The van der Waals surface area contributed by atoms with E-state index in [9.17, 15) is 9.00 Å². The highest BCUT2D eigenvalue weighted by molar-refractivity contribution is 9.10. The largest absolute Gasteiger partial charge is 0.462 e. The predicted molar refractivity (Wildman–Crippen MR) is 87.2 cm³/mol. The second-order valence-corrected chi connectivity index (χ2v) is 7.67. The molecule has 1 aromatic carbocycles. The summed E-state index contributed by atoms with van der Waals surface area (Å²) in [5.41, 5.74) is 2.47. The number of aromatic amines is 1. The summed E-state index contributed by atoms with van der Waals surface area (Å²) in [6, 6.07) is 3.78. The molecule has 1 fully saturated rings. The predicted octanol–water partition coefficient (Wildman–Crippen LogP) is 3.34. The zero-order valence-corrected chi connectivity index (χ0v) is 14.1. The number of benzene rings is 1. The zero-order chi connectivity index (χ0) is 15.0. The molecule has 1 aromatic heterocycles. The van der Waals surface area contributed by atoms with Gasteiger partial charge >= 0.3 is 5.97 Å². The first-order valence-corrected chi connectivity index (χ1v) is 9.21. The molecule has 6 heteroatoms. The molecule has 1 aliphatic rings. The van der Waals surface area contributed by atoms with Crippen molar-refractivity contribution in [1.29, 1.82) is 0 Å². The molecule has 112 valence electrons. The van der Waals surface area contributed by atoms with E-state index in [4.69, 9.17) is 4.74 Å². The molecule has 2 unspecified atom stereocenters. The fourth-order valence-corrected chi connectivity index (χ4v) is 4.80. The number of rotatable bonds is 3. The first-order chi connectivity index (χ1) is 10.1. The minimum absolute atomic E-state index is 0.295. The van der Waals surface area contributed by atoms with Crippen molar-refractivity contribution in [3.8, 4) is 0 Å². The second kappa shape index (κ2) is 5.93. The Morgan fingerprint density at radius 3 is 3.00 bits per heavy atom. The van der Waals surface area contributed by atoms with Gasteiger partial charge in [-0.25, -0.2) is 4.79 Å². The Kier molecular flexibility index (Phi) is 4.17. The molecule has 0 spiro atoms. The number of aromatic nitrogens is 1. The maximum Gasteiger partial charge on any atom is 0.340 e. The molecule has 1 saturated heterocycles. The van der Waals surface area contributed by atoms with E-state index >= 15 is 0 Å². The van der Waals surface area contributed by atoms with Gasteiger partial charge in [-0.15, -0.1) is 0 Å². The first-order valence-electron chi connectivity index (χ1n) is 6.92. The number of nitrogens with one attached hydrogen (secondary N) is 1. The maximum absolute atomic E-state index is 12.1. The van der Waals surface area contributed by atoms with Gasteiger partial charge in [0.05, 0.1) is 17.7 Å². The average molecular weight is 370 g/mol. The molecule has 1 N–H and O–H groups in total. The van der Waals surface area contributed by atoms with Gasteiger partial charge < -0.3 is 9.72 Å². The standard InChI is InChI=1S/C15H16BrNO3S/c1-2-20-15(18)12-6-10(16)5-11-13(7-17-14(11)12)9-3-4-21(19)8-9/h5-7,9,17H,2-4,8H2,1H3. The molecule has 1 aliphatic heterocycles. The molecular weight excluding hydrogens is 354 g/mol. The summed E-state index contributed by atoms with van der Waals surface area (Å²) >= 11 is 3.46. The summed E-state index contributed by atoms with van der Waals surface area (Å²) in [5, 5.41) is 1.01. The summed E-state index contributed by atoms with van der Waals surface area (Å²) in [4.78, 5) is 15.3. The summed E-state index contributed by atoms with van der Waals surface area (Å²) in [7, 11) is -0.720. The summed E-state index contributed by atoms with van der Waals surface area (Å²) in [5.74, 6) is 1.43. The number of carbonyl (C=O) groups is 1. The van der Waals surface area contributed by atoms with Gasteiger partial charge in [0, 0.05) is 38.4 Å². The Morgan fingerprint density at radius 1 is 1.52 bits per heavy atom. The van der Waals surface area contributed by atoms with Gasteiger partial charge in [0.1, 0.15) is 0 Å². The van der Waals surface area contributed by atoms with E-state index in [1.54, 1.807) is 13.0 Å². The Hall–Kier alpha value is -1.14. The Balaban J connectivity index is 2.09. The van der Waals surface area contributed by atoms with Crippen molar-refractivity contribution in [2.45, 2.75) is 19.3 Å². The lowest BCUT2D eigenvalue weighted by molar-refractivity contribution is 0.0528. The van der Waals surface area contributed by atoms with Gasteiger partial charge in [0.15, 0.2) is 0 Å². The Labute approximate surface area is 133 Å². The fraction of sp³-hybridized carbons (Fsp3) is 0.400. The smallest absolute Gasteiger partial charge is 0.340 e. The quantitative estimate of drug-likeness (QED) is 0.843. The fourth-order valence-electron chi connectivity index (χ4n) is 2.84. The SMILES string of the molecule is CCOC(=O)c1cc(Br)cc2c(C3CCS(=O)C3)c[nH]c12. The number of hydrogen-bond donors (Lipinski definition) is 1. The topological polar surface area (TPSA) is 59.2 Å². The molecule has 2 atom stereocenters. The monoisotopic (exact) mass is 369 g/mol. The van der Waals surface area contributed by atoms with E-state index in [2.05, 4.69) is 20.9 Å². The van der Waals surface area contributed by atoms with Gasteiger partial charge in [-0.1, -0.05) is 15.9 Å². The van der Waals surface area contributed by atoms with Crippen molar-refractivity contribution >= 4 is 43.6 Å². The van der Waals surface area contributed by atoms with E-state index in [-0.39, 0.29) is 5.97 Å². The van der Waals surface area contributed by atoms with Crippen LogP contribution in [0.1, 0.15) is 35.2 Å². The number of hydrogen-bond acceptors (Lipinski definition) is 3. The minimum Gasteiger partial charge on any atom is -0.462 e. The van der Waals surface area contributed by atoms with Crippen molar-refractivity contribution in [3.05, 3.63) is 33.9 Å². The number of fused-ring (bicyclic) bond motifs is 1. The molecule has 0 saturated carbocycles. The van der Waals surface area contributed by atoms with Crippen molar-refractivity contribution in [2.24, 2.45) is 0 Å². The highest BCUT2D eigenvalue weighted by Gasteiger charge is 2.26. The van der Waals surface area contributed by atoms with Gasteiger partial charge in [0.2, 0.25) is 0 Å². The molecule has 21 heavy (non-hydrogen) atoms. The van der Waals surface area contributed by atoms with Crippen LogP contribution >= 0.6 is 15.9 Å². The summed E-state index contributed by atoms with van der Waals surface area (Å²) in [6.45, 7) is 2.14. The molecule has 3 rings (SSSR count). The molecule has 2 heterocycles. The Bertz CT molecular complexity index is 725. The molecule has 4 nitrogen and oxygen atoms in total. The van der Waals surface area contributed by atoms with Crippen molar-refractivity contribution in [3.63, 3.8) is 0 Å². The van der Waals surface area contributed by atoms with Crippen LogP contribution < -0.4 is 0 Å². The average Bonchev–Trinajstić information content (AvgIpc) is 3.04. The van der Waals surface area contributed by atoms with Gasteiger partial charge in [-0.05, 0) is 37.0 Å². The highest BCUT2D eigenvalue weighted by atomic mass is 79.9. The third-order valence-corrected chi connectivity index (χ3v) is 5.73. The van der Waals surface area contributed by atoms with Crippen LogP contribution in [0, 0.1) is 0 Å². The molecule has 0 bridgehead atoms. The third-order valence-electron chi connectivity index (χ3n) is 3.80. The number of halogens is 1. The van der Waals surface area contributed by atoms with Crippen LogP contribution in [0.25, 0.3) is 10.9 Å². The molecular formula is C15H16BrNO3S. The number of H-pyrrole nitrogens is 1. The van der Waals surface area contributed by atoms with Gasteiger partial charge in [-0.2, -0.15) is 0 Å². The van der Waals surface area contributed by atoms with Gasteiger partial charge in [0.25, 0.3) is 0 Å². The van der Waals surface area contributed by atoms with Crippen LogP contribution in [0.2, 0.25) is 0 Å². The van der Waals surface area contributed by atoms with Crippen LogP contribution in [0.5, 0.6) is 0 Å². The van der Waals surface area contributed by atoms with E-state index in [1.165, 1.54) is 0 Å². The van der Waals surface area contributed by atoms with Crippen molar-refractivity contribution in [1.82, 2.24) is 4.98 Å². The zero-order valence-electron chi connectivity index (χ0n) is 11.6. The Morgan fingerprint density at radius 2 is 2.33 bits per heavy atom. The molecule has 0 aliphatic carbocycles. The third kappa shape index (κ3) is 2.79. The van der Waals surface area contributed by atoms with Crippen LogP contribution in [-0.2, 0) is 15.5 Å². The normalized spacial score (nSPS) is 21.8. The minimum atomic E-state index is -0.720. The van der Waals surface area contributed by atoms with Gasteiger partial charge in [-0.3, -0.25) is 4.21 Å². The number of carbonyl (C=O) groups excluding carboxylic acids is 1. The van der Waals surface area contributed by atoms with E-state index in [0.29, 0.717) is 23.8 Å². The first kappa shape index (κ1) is 14.8. The van der Waals surface area contributed by atoms with Crippen LogP contribution in [0.3, 0.4) is 0 Å². The number of esters is 1.